The molecule has 0 saturated carbocycles. The Kier molecular flexibility index (Phi) is 15.9. The predicted molar refractivity (Wildman–Crippen MR) is 177 cm³/mol. The fraction of sp³-hybridized carbons (Fsp3) is 0.583. The molecule has 43 heavy (non-hydrogen) atoms. The van der Waals surface area contributed by atoms with E-state index in [4.69, 9.17) is 0 Å². The van der Waals surface area contributed by atoms with E-state index in [1.54, 1.807) is 12.1 Å². The fourth-order valence-corrected chi connectivity index (χ4v) is 5.72. The van der Waals surface area contributed by atoms with Crippen LogP contribution in [0.1, 0.15) is 128 Å². The van der Waals surface area contributed by atoms with E-state index in [1.807, 2.05) is 36.4 Å². The van der Waals surface area contributed by atoms with E-state index in [9.17, 15) is 14.4 Å². The molecule has 0 bridgehead atoms. The maximum atomic E-state index is 12.4. The van der Waals surface area contributed by atoms with Crippen molar-refractivity contribution in [1.82, 2.24) is 15.1 Å². The van der Waals surface area contributed by atoms with Crippen molar-refractivity contribution < 1.29 is 14.4 Å². The number of anilines is 1. The van der Waals surface area contributed by atoms with Gasteiger partial charge in [-0.05, 0) is 62.3 Å². The van der Waals surface area contributed by atoms with Crippen LogP contribution >= 0.6 is 0 Å². The molecule has 0 radical (unpaired) electrons. The summed E-state index contributed by atoms with van der Waals surface area (Å²) in [7, 11) is 0. The van der Waals surface area contributed by atoms with Crippen molar-refractivity contribution in [1.29, 1.82) is 0 Å². The van der Waals surface area contributed by atoms with Gasteiger partial charge in [0.1, 0.15) is 0 Å². The van der Waals surface area contributed by atoms with Crippen LogP contribution < -0.4 is 10.6 Å². The number of likely N-dealkylation sites (N-methyl/N-ethyl adjacent to an activating group) is 1. The maximum Gasteiger partial charge on any atom is 0.261 e. The summed E-state index contributed by atoms with van der Waals surface area (Å²) in [5, 5.41) is 6.49. The summed E-state index contributed by atoms with van der Waals surface area (Å²) in [6.45, 7) is 9.34. The Bertz CT molecular complexity index is 1080. The van der Waals surface area contributed by atoms with Gasteiger partial charge < -0.3 is 15.5 Å². The second-order valence-corrected chi connectivity index (χ2v) is 11.7. The minimum absolute atomic E-state index is 0.00605. The van der Waals surface area contributed by atoms with E-state index >= 15 is 0 Å². The van der Waals surface area contributed by atoms with Crippen molar-refractivity contribution in [2.24, 2.45) is 0 Å². The summed E-state index contributed by atoms with van der Waals surface area (Å²) in [6.07, 6.45) is 16.0. The Balaban J connectivity index is 1.08. The van der Waals surface area contributed by atoms with Gasteiger partial charge in [-0.15, -0.1) is 0 Å². The van der Waals surface area contributed by atoms with Gasteiger partial charge in [0.25, 0.3) is 17.7 Å². The molecule has 1 heterocycles. The molecule has 7 heteroatoms. The van der Waals surface area contributed by atoms with Crippen molar-refractivity contribution in [2.45, 2.75) is 97.3 Å². The molecular weight excluding hydrogens is 536 g/mol. The van der Waals surface area contributed by atoms with E-state index in [0.717, 1.165) is 44.7 Å². The van der Waals surface area contributed by atoms with Crippen LogP contribution in [0.3, 0.4) is 0 Å². The lowest BCUT2D eigenvalue weighted by molar-refractivity contribution is 0.0651. The second-order valence-electron chi connectivity index (χ2n) is 11.7. The molecule has 0 unspecified atom stereocenters. The summed E-state index contributed by atoms with van der Waals surface area (Å²) >= 11 is 0. The average molecular weight is 591 g/mol. The van der Waals surface area contributed by atoms with E-state index in [0.29, 0.717) is 29.8 Å². The SMILES string of the molecule is CCN(CC)CCNC(=O)c1ccc(NCCCCCCCCCCCCCCCN2C(=O)c3ccccc3C2=O)cc1. The Hall–Kier alpha value is -3.19. The molecule has 2 N–H and O–H groups in total. The van der Waals surface area contributed by atoms with Crippen LogP contribution in [0.2, 0.25) is 0 Å². The number of nitrogens with one attached hydrogen (secondary N) is 2. The molecule has 2 aromatic rings. The third kappa shape index (κ3) is 11.8. The van der Waals surface area contributed by atoms with Crippen molar-refractivity contribution in [2.75, 3.05) is 44.6 Å². The van der Waals surface area contributed by atoms with Gasteiger partial charge >= 0.3 is 0 Å². The van der Waals surface area contributed by atoms with Gasteiger partial charge in [-0.1, -0.05) is 96.6 Å². The molecule has 0 spiro atoms. The van der Waals surface area contributed by atoms with Crippen molar-refractivity contribution in [3.8, 4) is 0 Å². The molecule has 7 nitrogen and oxygen atoms in total. The summed E-state index contributed by atoms with van der Waals surface area (Å²) in [4.78, 5) is 40.9. The average Bonchev–Trinajstić information content (AvgIpc) is 3.28. The predicted octanol–water partition coefficient (Wildman–Crippen LogP) is 7.54. The van der Waals surface area contributed by atoms with E-state index in [-0.39, 0.29) is 17.7 Å². The third-order valence-corrected chi connectivity index (χ3v) is 8.52. The van der Waals surface area contributed by atoms with Gasteiger partial charge in [-0.25, -0.2) is 0 Å². The minimum Gasteiger partial charge on any atom is -0.385 e. The number of rotatable bonds is 23. The maximum absolute atomic E-state index is 12.4. The van der Waals surface area contributed by atoms with Gasteiger partial charge in [-0.3, -0.25) is 19.3 Å². The van der Waals surface area contributed by atoms with Crippen LogP contribution in [0.15, 0.2) is 48.5 Å². The Labute approximate surface area is 259 Å². The fourth-order valence-electron chi connectivity index (χ4n) is 5.72. The van der Waals surface area contributed by atoms with Crippen LogP contribution in [0.4, 0.5) is 5.69 Å². The van der Waals surface area contributed by atoms with Crippen LogP contribution in [-0.2, 0) is 0 Å². The number of benzene rings is 2. The van der Waals surface area contributed by atoms with Crippen molar-refractivity contribution >= 4 is 23.4 Å². The number of fused-ring (bicyclic) bond motifs is 1. The molecule has 0 fully saturated rings. The third-order valence-electron chi connectivity index (χ3n) is 8.52. The highest BCUT2D eigenvalue weighted by molar-refractivity contribution is 6.21. The first-order chi connectivity index (χ1) is 21.0. The number of carbonyl (C=O) groups is 3. The molecule has 1 aliphatic rings. The first kappa shape index (κ1) is 34.3. The van der Waals surface area contributed by atoms with Crippen LogP contribution in [0.5, 0.6) is 0 Å². The van der Waals surface area contributed by atoms with Gasteiger partial charge in [-0.2, -0.15) is 0 Å². The molecule has 0 aliphatic carbocycles. The molecule has 3 amide bonds. The van der Waals surface area contributed by atoms with Crippen LogP contribution in [0.25, 0.3) is 0 Å². The minimum atomic E-state index is -0.136. The first-order valence-corrected chi connectivity index (χ1v) is 16.8. The van der Waals surface area contributed by atoms with Gasteiger partial charge in [0, 0.05) is 37.4 Å². The zero-order chi connectivity index (χ0) is 30.7. The summed E-state index contributed by atoms with van der Waals surface area (Å²) in [5.41, 5.74) is 2.88. The Morgan fingerprint density at radius 2 is 1.14 bits per heavy atom. The molecule has 1 aliphatic heterocycles. The highest BCUT2D eigenvalue weighted by Gasteiger charge is 2.34. The molecule has 236 valence electrons. The highest BCUT2D eigenvalue weighted by atomic mass is 16.2. The van der Waals surface area contributed by atoms with Crippen LogP contribution in [-0.4, -0.2) is 66.8 Å². The van der Waals surface area contributed by atoms with E-state index in [1.165, 1.54) is 75.5 Å². The quantitative estimate of drug-likeness (QED) is 0.103. The summed E-state index contributed by atoms with van der Waals surface area (Å²) < 4.78 is 0. The lowest BCUT2D eigenvalue weighted by Gasteiger charge is -2.18. The van der Waals surface area contributed by atoms with Crippen molar-refractivity contribution in [3.05, 3.63) is 65.2 Å². The smallest absolute Gasteiger partial charge is 0.261 e. The largest absolute Gasteiger partial charge is 0.385 e. The van der Waals surface area contributed by atoms with E-state index in [2.05, 4.69) is 29.4 Å². The standard InChI is InChI=1S/C36H54N4O3/c1-3-39(4-2)29-27-38-34(41)30-22-24-31(25-23-30)37-26-18-14-12-10-8-6-5-7-9-11-13-15-19-28-40-35(42)32-20-16-17-21-33(32)36(40)43/h16-17,20-25,37H,3-15,18-19,26-29H2,1-2H3,(H,38,41). The zero-order valence-electron chi connectivity index (χ0n) is 26.7. The summed E-state index contributed by atoms with van der Waals surface area (Å²) in [5.74, 6) is -0.278. The highest BCUT2D eigenvalue weighted by Crippen LogP contribution is 2.23. The number of carbonyl (C=O) groups excluding carboxylic acids is 3. The molecule has 2 aromatic carbocycles. The number of unbranched alkanes of at least 4 members (excludes halogenated alkanes) is 12. The van der Waals surface area contributed by atoms with Crippen LogP contribution in [0, 0.1) is 0 Å². The lowest BCUT2D eigenvalue weighted by atomic mass is 10.0. The molecule has 0 aromatic heterocycles. The van der Waals surface area contributed by atoms with E-state index < -0.39 is 0 Å². The topological polar surface area (TPSA) is 81.8 Å². The molecule has 0 atom stereocenters. The van der Waals surface area contributed by atoms with Gasteiger partial charge in [0.05, 0.1) is 11.1 Å². The summed E-state index contributed by atoms with van der Waals surface area (Å²) in [6, 6.07) is 14.9. The Morgan fingerprint density at radius 1 is 0.651 bits per heavy atom. The van der Waals surface area contributed by atoms with Gasteiger partial charge in [0.15, 0.2) is 0 Å². The number of imide groups is 1. The number of amides is 3. The Morgan fingerprint density at radius 3 is 1.65 bits per heavy atom. The van der Waals surface area contributed by atoms with Crippen molar-refractivity contribution in [3.63, 3.8) is 0 Å². The monoisotopic (exact) mass is 590 g/mol. The number of hydrogen-bond donors (Lipinski definition) is 2. The lowest BCUT2D eigenvalue weighted by Crippen LogP contribution is -2.34. The normalized spacial score (nSPS) is 12.7. The molecular formula is C36H54N4O3. The number of hydrogen-bond acceptors (Lipinski definition) is 5. The zero-order valence-corrected chi connectivity index (χ0v) is 26.7. The number of nitrogens with zero attached hydrogens (tertiary/aromatic N) is 2. The molecule has 0 saturated heterocycles. The second kappa shape index (κ2) is 19.9. The first-order valence-electron chi connectivity index (χ1n) is 16.8. The molecule has 3 rings (SSSR count). The van der Waals surface area contributed by atoms with Gasteiger partial charge in [0.2, 0.25) is 0 Å².